The van der Waals surface area contributed by atoms with E-state index in [-0.39, 0.29) is 12.3 Å². The number of methoxy groups -OCH3 is 1. The number of benzene rings is 1. The minimum Gasteiger partial charge on any atom is -0.494 e. The Balaban J connectivity index is 1.54. The summed E-state index contributed by atoms with van der Waals surface area (Å²) in [6.07, 6.45) is 6.66. The molecule has 0 aliphatic carbocycles. The van der Waals surface area contributed by atoms with Gasteiger partial charge in [0.15, 0.2) is 17.2 Å². The smallest absolute Gasteiger partial charge is 0.333 e. The van der Waals surface area contributed by atoms with Crippen LogP contribution in [0.15, 0.2) is 61.6 Å². The summed E-state index contributed by atoms with van der Waals surface area (Å²) >= 11 is 4.09. The van der Waals surface area contributed by atoms with Crippen molar-refractivity contribution in [2.24, 2.45) is 0 Å². The van der Waals surface area contributed by atoms with Crippen molar-refractivity contribution in [1.29, 1.82) is 0 Å². The van der Waals surface area contributed by atoms with Crippen LogP contribution in [-0.4, -0.2) is 48.7 Å². The molecular formula is C22H20FN7O2S. The lowest BCUT2D eigenvalue weighted by Gasteiger charge is -2.13. The van der Waals surface area contributed by atoms with E-state index in [1.165, 1.54) is 17.5 Å². The molecule has 1 aromatic carbocycles. The molecule has 0 atom stereocenters. The van der Waals surface area contributed by atoms with Gasteiger partial charge < -0.3 is 4.74 Å². The SMILES string of the molecule is C=CCN(S)C(=O)Nc1ccc2ncc(-c3cnn(Cc4ccc(F)c(OC)c4)c3)nc2n1. The highest BCUT2D eigenvalue weighted by atomic mass is 32.1. The van der Waals surface area contributed by atoms with Crippen LogP contribution < -0.4 is 10.1 Å². The lowest BCUT2D eigenvalue weighted by molar-refractivity contribution is 0.241. The maximum atomic E-state index is 13.6. The van der Waals surface area contributed by atoms with Gasteiger partial charge in [-0.1, -0.05) is 25.0 Å². The predicted octanol–water partition coefficient (Wildman–Crippen LogP) is 3.95. The molecule has 3 aromatic heterocycles. The quantitative estimate of drug-likeness (QED) is 0.317. The normalized spacial score (nSPS) is 10.8. The molecule has 0 aliphatic rings. The number of ether oxygens (including phenoxy) is 1. The van der Waals surface area contributed by atoms with E-state index < -0.39 is 11.8 Å². The van der Waals surface area contributed by atoms with Crippen molar-refractivity contribution >= 4 is 35.8 Å². The van der Waals surface area contributed by atoms with Crippen molar-refractivity contribution in [2.45, 2.75) is 6.54 Å². The molecule has 0 spiro atoms. The molecule has 0 radical (unpaired) electrons. The minimum absolute atomic E-state index is 0.180. The average molecular weight is 466 g/mol. The van der Waals surface area contributed by atoms with Crippen molar-refractivity contribution in [3.63, 3.8) is 0 Å². The molecular weight excluding hydrogens is 445 g/mol. The van der Waals surface area contributed by atoms with Crippen LogP contribution in [0.4, 0.5) is 15.0 Å². The van der Waals surface area contributed by atoms with Gasteiger partial charge >= 0.3 is 6.03 Å². The third-order valence-electron chi connectivity index (χ3n) is 4.67. The summed E-state index contributed by atoms with van der Waals surface area (Å²) in [6, 6.07) is 7.59. The number of rotatable bonds is 7. The number of carbonyl (C=O) groups is 1. The number of amides is 2. The maximum Gasteiger partial charge on any atom is 0.333 e. The first kappa shape index (κ1) is 22.2. The predicted molar refractivity (Wildman–Crippen MR) is 126 cm³/mol. The van der Waals surface area contributed by atoms with Gasteiger partial charge in [-0.25, -0.2) is 19.2 Å². The molecule has 4 rings (SSSR count). The highest BCUT2D eigenvalue weighted by Crippen LogP contribution is 2.21. The zero-order valence-corrected chi connectivity index (χ0v) is 18.5. The summed E-state index contributed by atoms with van der Waals surface area (Å²) < 4.78 is 21.5. The van der Waals surface area contributed by atoms with Gasteiger partial charge in [0.05, 0.1) is 38.3 Å². The number of nitrogens with zero attached hydrogens (tertiary/aromatic N) is 6. The Labute approximate surface area is 194 Å². The maximum absolute atomic E-state index is 13.6. The largest absolute Gasteiger partial charge is 0.494 e. The second-order valence-electron chi connectivity index (χ2n) is 6.99. The van der Waals surface area contributed by atoms with Crippen LogP contribution in [-0.2, 0) is 6.54 Å². The number of anilines is 1. The topological polar surface area (TPSA) is 98.1 Å². The molecule has 0 unspecified atom stereocenters. The fraction of sp³-hybridized carbons (Fsp3) is 0.136. The zero-order valence-electron chi connectivity index (χ0n) is 17.6. The number of aromatic nitrogens is 5. The first-order valence-corrected chi connectivity index (χ1v) is 10.2. The fourth-order valence-electron chi connectivity index (χ4n) is 3.06. The van der Waals surface area contributed by atoms with Gasteiger partial charge in [-0.15, -0.1) is 6.58 Å². The van der Waals surface area contributed by atoms with Gasteiger partial charge in [0, 0.05) is 11.8 Å². The molecule has 0 fully saturated rings. The summed E-state index contributed by atoms with van der Waals surface area (Å²) in [5, 5.41) is 7.01. The standard InChI is InChI=1S/C22H20FN7O2S/c1-3-8-30(33)22(31)28-20-7-6-17-21(27-20)26-18(11-24-17)15-10-25-29(13-15)12-14-4-5-16(23)19(9-14)32-2/h3-7,9-11,13,33H,1,8,12H2,2H3,(H,26,27,28,31). The Bertz CT molecular complexity index is 1330. The molecule has 9 nitrogen and oxygen atoms in total. The van der Waals surface area contributed by atoms with Crippen LogP contribution >= 0.6 is 12.8 Å². The van der Waals surface area contributed by atoms with Gasteiger partial charge in [-0.3, -0.25) is 19.3 Å². The van der Waals surface area contributed by atoms with Crippen molar-refractivity contribution in [3.05, 3.63) is 73.0 Å². The van der Waals surface area contributed by atoms with Gasteiger partial charge in [-0.2, -0.15) is 5.10 Å². The molecule has 2 amide bonds. The van der Waals surface area contributed by atoms with Gasteiger partial charge in [-0.05, 0) is 29.8 Å². The number of urea groups is 1. The summed E-state index contributed by atoms with van der Waals surface area (Å²) in [5.41, 5.74) is 3.10. The van der Waals surface area contributed by atoms with E-state index in [1.807, 2.05) is 6.20 Å². The van der Waals surface area contributed by atoms with E-state index in [2.05, 4.69) is 44.8 Å². The second kappa shape index (κ2) is 9.65. The van der Waals surface area contributed by atoms with Crippen LogP contribution in [0.3, 0.4) is 0 Å². The third kappa shape index (κ3) is 5.09. The molecule has 4 aromatic rings. The lowest BCUT2D eigenvalue weighted by atomic mass is 10.2. The van der Waals surface area contributed by atoms with Crippen LogP contribution in [0.2, 0.25) is 0 Å². The number of hydrogen-bond acceptors (Lipinski definition) is 7. The number of halogens is 1. The summed E-state index contributed by atoms with van der Waals surface area (Å²) in [5.74, 6) is 0.0856. The molecule has 168 valence electrons. The number of pyridine rings is 1. The van der Waals surface area contributed by atoms with Crippen molar-refractivity contribution in [1.82, 2.24) is 29.0 Å². The molecule has 0 saturated heterocycles. The Morgan fingerprint density at radius 2 is 2.15 bits per heavy atom. The van der Waals surface area contributed by atoms with Crippen molar-refractivity contribution in [3.8, 4) is 17.0 Å². The second-order valence-corrected chi connectivity index (χ2v) is 7.47. The van der Waals surface area contributed by atoms with E-state index >= 15 is 0 Å². The van der Waals surface area contributed by atoms with Crippen LogP contribution in [0.25, 0.3) is 22.4 Å². The Kier molecular flexibility index (Phi) is 6.50. The highest BCUT2D eigenvalue weighted by molar-refractivity contribution is 7.78. The van der Waals surface area contributed by atoms with E-state index in [9.17, 15) is 9.18 Å². The van der Waals surface area contributed by atoms with Gasteiger partial charge in [0.2, 0.25) is 0 Å². The minimum atomic E-state index is -0.437. The molecule has 33 heavy (non-hydrogen) atoms. The van der Waals surface area contributed by atoms with Crippen LogP contribution in [0.1, 0.15) is 5.56 Å². The van der Waals surface area contributed by atoms with Gasteiger partial charge in [0.1, 0.15) is 11.3 Å². The Morgan fingerprint density at radius 3 is 2.94 bits per heavy atom. The molecule has 0 saturated carbocycles. The molecule has 0 bridgehead atoms. The molecule has 0 aliphatic heterocycles. The third-order valence-corrected chi connectivity index (χ3v) is 5.01. The van der Waals surface area contributed by atoms with Crippen molar-refractivity contribution in [2.75, 3.05) is 19.0 Å². The highest BCUT2D eigenvalue weighted by Gasteiger charge is 2.12. The number of carbonyl (C=O) groups excluding carboxylic acids is 1. The summed E-state index contributed by atoms with van der Waals surface area (Å²) in [4.78, 5) is 25.4. The van der Waals surface area contributed by atoms with Crippen molar-refractivity contribution < 1.29 is 13.9 Å². The molecule has 11 heteroatoms. The number of thiol groups is 1. The zero-order chi connectivity index (χ0) is 23.4. The van der Waals surface area contributed by atoms with E-state index in [1.54, 1.807) is 47.4 Å². The first-order valence-electron chi connectivity index (χ1n) is 9.84. The van der Waals surface area contributed by atoms with Gasteiger partial charge in [0.25, 0.3) is 0 Å². The fourth-order valence-corrected chi connectivity index (χ4v) is 3.22. The monoisotopic (exact) mass is 465 g/mol. The Hall–Kier alpha value is -3.99. The number of fused-ring (bicyclic) bond motifs is 1. The first-order chi connectivity index (χ1) is 16.0. The average Bonchev–Trinajstić information content (AvgIpc) is 3.28. The van der Waals surface area contributed by atoms with E-state index in [0.29, 0.717) is 29.2 Å². The van der Waals surface area contributed by atoms with E-state index in [4.69, 9.17) is 4.74 Å². The van der Waals surface area contributed by atoms with Crippen LogP contribution in [0, 0.1) is 5.82 Å². The lowest BCUT2D eigenvalue weighted by Crippen LogP contribution is -2.27. The number of nitrogens with one attached hydrogen (secondary N) is 1. The molecule has 1 N–H and O–H groups in total. The summed E-state index contributed by atoms with van der Waals surface area (Å²) in [6.45, 7) is 4.28. The molecule has 3 heterocycles. The Morgan fingerprint density at radius 1 is 1.30 bits per heavy atom. The summed E-state index contributed by atoms with van der Waals surface area (Å²) in [7, 11) is 1.42. The van der Waals surface area contributed by atoms with E-state index in [0.717, 1.165) is 11.1 Å². The number of hydrogen-bond donors (Lipinski definition) is 2. The van der Waals surface area contributed by atoms with Crippen LogP contribution in [0.5, 0.6) is 5.75 Å².